The molecule has 0 saturated heterocycles. The Hall–Kier alpha value is -2.63. The van der Waals surface area contributed by atoms with E-state index in [0.717, 1.165) is 0 Å². The van der Waals surface area contributed by atoms with Crippen LogP contribution in [0.4, 0.5) is 17.2 Å². The van der Waals surface area contributed by atoms with E-state index in [1.165, 1.54) is 12.4 Å². The summed E-state index contributed by atoms with van der Waals surface area (Å²) in [6.07, 6.45) is 1.30. The number of aromatic nitrogens is 2. The second-order valence-electron chi connectivity index (χ2n) is 4.83. The molecule has 0 spiro atoms. The van der Waals surface area contributed by atoms with Gasteiger partial charge in [-0.3, -0.25) is 4.79 Å². The van der Waals surface area contributed by atoms with Gasteiger partial charge < -0.3 is 10.6 Å². The first kappa shape index (κ1) is 16.2. The maximum Gasteiger partial charge on any atom is 0.274 e. The maximum absolute atomic E-state index is 12.3. The molecule has 7 heteroatoms. The molecule has 3 rings (SSSR count). The number of carbonyl (C=O) groups excluding carboxylic acids is 1. The minimum Gasteiger partial charge on any atom is -0.338 e. The molecule has 3 aromatic rings. The van der Waals surface area contributed by atoms with Gasteiger partial charge in [-0.1, -0.05) is 47.5 Å². The van der Waals surface area contributed by atoms with Crippen LogP contribution < -0.4 is 10.6 Å². The second kappa shape index (κ2) is 7.29. The molecule has 2 N–H and O–H groups in total. The van der Waals surface area contributed by atoms with Crippen LogP contribution in [0.15, 0.2) is 60.9 Å². The van der Waals surface area contributed by atoms with E-state index in [2.05, 4.69) is 20.6 Å². The van der Waals surface area contributed by atoms with Crippen molar-refractivity contribution in [3.8, 4) is 0 Å². The van der Waals surface area contributed by atoms with Crippen molar-refractivity contribution in [3.63, 3.8) is 0 Å². The van der Waals surface area contributed by atoms with Crippen LogP contribution in [0, 0.1) is 0 Å². The molecule has 5 nitrogen and oxygen atoms in total. The molecule has 0 aliphatic rings. The highest BCUT2D eigenvalue weighted by atomic mass is 35.5. The molecule has 0 unspecified atom stereocenters. The number of rotatable bonds is 4. The lowest BCUT2D eigenvalue weighted by molar-refractivity contribution is 0.102. The zero-order chi connectivity index (χ0) is 16.9. The third-order valence-electron chi connectivity index (χ3n) is 3.15. The van der Waals surface area contributed by atoms with Gasteiger partial charge in [0.2, 0.25) is 0 Å². The van der Waals surface area contributed by atoms with Crippen molar-refractivity contribution in [2.24, 2.45) is 0 Å². The maximum atomic E-state index is 12.3. The molecule has 1 amide bonds. The molecule has 2 aromatic carbocycles. The van der Waals surface area contributed by atoms with Crippen LogP contribution >= 0.6 is 23.2 Å². The molecule has 0 radical (unpaired) electrons. The smallest absolute Gasteiger partial charge is 0.274 e. The Balaban J connectivity index is 1.80. The van der Waals surface area contributed by atoms with E-state index in [1.54, 1.807) is 30.3 Å². The third-order valence-corrected chi connectivity index (χ3v) is 3.78. The number of anilines is 3. The normalized spacial score (nSPS) is 10.2. The summed E-state index contributed by atoms with van der Waals surface area (Å²) in [7, 11) is 0. The first-order valence-electron chi connectivity index (χ1n) is 7.03. The highest BCUT2D eigenvalue weighted by Gasteiger charge is 2.11. The molecule has 0 aliphatic heterocycles. The number of nitrogens with one attached hydrogen (secondary N) is 2. The van der Waals surface area contributed by atoms with Crippen LogP contribution in [0.3, 0.4) is 0 Å². The Morgan fingerprint density at radius 1 is 0.917 bits per heavy atom. The summed E-state index contributed by atoms with van der Waals surface area (Å²) in [5.41, 5.74) is 1.43. The number of amides is 1. The molecule has 0 saturated carbocycles. The van der Waals surface area contributed by atoms with Crippen LogP contribution in [-0.2, 0) is 0 Å². The van der Waals surface area contributed by atoms with Gasteiger partial charge in [0.1, 0.15) is 17.8 Å². The topological polar surface area (TPSA) is 66.9 Å². The SMILES string of the molecule is O=C(Nc1ccccc1)c1cc(Nc2c(Cl)cccc2Cl)ncn1. The fourth-order valence-corrected chi connectivity index (χ4v) is 2.50. The minimum atomic E-state index is -0.336. The molecule has 1 heterocycles. The molecule has 24 heavy (non-hydrogen) atoms. The lowest BCUT2D eigenvalue weighted by Gasteiger charge is -2.10. The molecule has 120 valence electrons. The van der Waals surface area contributed by atoms with Crippen molar-refractivity contribution in [3.05, 3.63) is 76.7 Å². The Bertz CT molecular complexity index is 851. The number of hydrogen-bond donors (Lipinski definition) is 2. The Kier molecular flexibility index (Phi) is 4.93. The number of halogens is 2. The molecule has 1 aromatic heterocycles. The Labute approximate surface area is 148 Å². The van der Waals surface area contributed by atoms with Crippen LogP contribution in [0.1, 0.15) is 10.5 Å². The molecule has 0 bridgehead atoms. The van der Waals surface area contributed by atoms with Gasteiger partial charge in [0, 0.05) is 11.8 Å². The number of hydrogen-bond acceptors (Lipinski definition) is 4. The van der Waals surface area contributed by atoms with Gasteiger partial charge in [0.15, 0.2) is 0 Å². The molecule has 0 aliphatic carbocycles. The summed E-state index contributed by atoms with van der Waals surface area (Å²) in [5, 5.41) is 6.68. The van der Waals surface area contributed by atoms with Gasteiger partial charge >= 0.3 is 0 Å². The van der Waals surface area contributed by atoms with Crippen LogP contribution in [0.5, 0.6) is 0 Å². The van der Waals surface area contributed by atoms with Crippen molar-refractivity contribution in [1.29, 1.82) is 0 Å². The molecule has 0 fully saturated rings. The Morgan fingerprint density at radius 3 is 2.33 bits per heavy atom. The standard InChI is InChI=1S/C17H12Cl2N4O/c18-12-7-4-8-13(19)16(12)23-15-9-14(20-10-21-15)17(24)22-11-5-2-1-3-6-11/h1-10H,(H,22,24)(H,20,21,23). The van der Waals surface area contributed by atoms with E-state index in [9.17, 15) is 4.79 Å². The van der Waals surface area contributed by atoms with Gasteiger partial charge in [0.25, 0.3) is 5.91 Å². The van der Waals surface area contributed by atoms with Crippen LogP contribution in [-0.4, -0.2) is 15.9 Å². The lowest BCUT2D eigenvalue weighted by Crippen LogP contribution is -2.14. The lowest BCUT2D eigenvalue weighted by atomic mass is 10.3. The molecular formula is C17H12Cl2N4O. The van der Waals surface area contributed by atoms with E-state index in [0.29, 0.717) is 27.2 Å². The van der Waals surface area contributed by atoms with E-state index < -0.39 is 0 Å². The first-order chi connectivity index (χ1) is 11.6. The highest BCUT2D eigenvalue weighted by molar-refractivity contribution is 6.39. The van der Waals surface area contributed by atoms with E-state index in [1.807, 2.05) is 18.2 Å². The van der Waals surface area contributed by atoms with Gasteiger partial charge in [-0.2, -0.15) is 0 Å². The summed E-state index contributed by atoms with van der Waals surface area (Å²) in [5.74, 6) is 0.0788. The highest BCUT2D eigenvalue weighted by Crippen LogP contribution is 2.31. The Morgan fingerprint density at radius 2 is 1.62 bits per heavy atom. The van der Waals surface area contributed by atoms with E-state index in [-0.39, 0.29) is 11.6 Å². The number of benzene rings is 2. The van der Waals surface area contributed by atoms with Crippen molar-refractivity contribution >= 4 is 46.3 Å². The van der Waals surface area contributed by atoms with Crippen molar-refractivity contribution in [1.82, 2.24) is 9.97 Å². The third kappa shape index (κ3) is 3.82. The summed E-state index contributed by atoms with van der Waals surface area (Å²) in [6, 6.07) is 15.8. The van der Waals surface area contributed by atoms with Gasteiger partial charge in [-0.25, -0.2) is 9.97 Å². The largest absolute Gasteiger partial charge is 0.338 e. The summed E-state index contributed by atoms with van der Waals surface area (Å²) >= 11 is 12.2. The first-order valence-corrected chi connectivity index (χ1v) is 7.78. The predicted molar refractivity (Wildman–Crippen MR) is 96.2 cm³/mol. The van der Waals surface area contributed by atoms with Gasteiger partial charge in [0.05, 0.1) is 15.7 Å². The van der Waals surface area contributed by atoms with Gasteiger partial charge in [-0.05, 0) is 24.3 Å². The van der Waals surface area contributed by atoms with Crippen LogP contribution in [0.25, 0.3) is 0 Å². The number of para-hydroxylation sites is 2. The second-order valence-corrected chi connectivity index (χ2v) is 5.64. The average molecular weight is 359 g/mol. The van der Waals surface area contributed by atoms with Crippen molar-refractivity contribution in [2.45, 2.75) is 0 Å². The predicted octanol–water partition coefficient (Wildman–Crippen LogP) is 4.78. The fourth-order valence-electron chi connectivity index (χ4n) is 2.01. The van der Waals surface area contributed by atoms with Crippen molar-refractivity contribution in [2.75, 3.05) is 10.6 Å². The summed E-state index contributed by atoms with van der Waals surface area (Å²) in [4.78, 5) is 20.4. The quantitative estimate of drug-likeness (QED) is 0.704. The van der Waals surface area contributed by atoms with Crippen LogP contribution in [0.2, 0.25) is 10.0 Å². The van der Waals surface area contributed by atoms with Crippen molar-refractivity contribution < 1.29 is 4.79 Å². The summed E-state index contributed by atoms with van der Waals surface area (Å²) < 4.78 is 0. The minimum absolute atomic E-state index is 0.222. The zero-order valence-corrected chi connectivity index (χ0v) is 13.8. The average Bonchev–Trinajstić information content (AvgIpc) is 2.59. The summed E-state index contributed by atoms with van der Waals surface area (Å²) in [6.45, 7) is 0. The zero-order valence-electron chi connectivity index (χ0n) is 12.3. The van der Waals surface area contributed by atoms with E-state index >= 15 is 0 Å². The number of nitrogens with zero attached hydrogens (tertiary/aromatic N) is 2. The number of carbonyl (C=O) groups is 1. The monoisotopic (exact) mass is 358 g/mol. The van der Waals surface area contributed by atoms with E-state index in [4.69, 9.17) is 23.2 Å². The fraction of sp³-hybridized carbons (Fsp3) is 0. The van der Waals surface area contributed by atoms with Gasteiger partial charge in [-0.15, -0.1) is 0 Å². The molecule has 0 atom stereocenters. The molecular weight excluding hydrogens is 347 g/mol.